The molecule has 15 heavy (non-hydrogen) atoms. The Morgan fingerprint density at radius 1 is 1.33 bits per heavy atom. The van der Waals surface area contributed by atoms with Crippen LogP contribution < -0.4 is 4.74 Å². The first-order chi connectivity index (χ1) is 6.92. The Balaban J connectivity index is 2.50. The fraction of sp³-hybridized carbons (Fsp3) is 0.538. The van der Waals surface area contributed by atoms with Crippen molar-refractivity contribution < 1.29 is 4.74 Å². The van der Waals surface area contributed by atoms with Crippen LogP contribution in [0.1, 0.15) is 37.8 Å². The van der Waals surface area contributed by atoms with Crippen LogP contribution in [0.25, 0.3) is 0 Å². The number of alkyl halides is 1. The Kier molecular flexibility index (Phi) is 2.58. The highest BCUT2D eigenvalue weighted by molar-refractivity contribution is 9.09. The highest BCUT2D eigenvalue weighted by Gasteiger charge is 2.39. The number of hydrogen-bond donors (Lipinski definition) is 0. The van der Waals surface area contributed by atoms with Gasteiger partial charge in [0.1, 0.15) is 11.4 Å². The van der Waals surface area contributed by atoms with Gasteiger partial charge in [0.05, 0.1) is 4.83 Å². The molecule has 1 aliphatic rings. The molecule has 0 spiro atoms. The minimum Gasteiger partial charge on any atom is -0.486 e. The second kappa shape index (κ2) is 3.51. The summed E-state index contributed by atoms with van der Waals surface area (Å²) in [6, 6.07) is 6.46. The summed E-state index contributed by atoms with van der Waals surface area (Å²) in [5.41, 5.74) is 2.42. The SMILES string of the molecule is Cc1ccc2c(c1)OC(C)(C)[C@H](Br)C2C. The zero-order chi connectivity index (χ0) is 11.2. The van der Waals surface area contributed by atoms with Crippen LogP contribution >= 0.6 is 15.9 Å². The average molecular weight is 269 g/mol. The van der Waals surface area contributed by atoms with Gasteiger partial charge in [-0.1, -0.05) is 35.0 Å². The summed E-state index contributed by atoms with van der Waals surface area (Å²) < 4.78 is 6.04. The van der Waals surface area contributed by atoms with Crippen LogP contribution in [0.15, 0.2) is 18.2 Å². The summed E-state index contributed by atoms with van der Waals surface area (Å²) in [5.74, 6) is 1.53. The van der Waals surface area contributed by atoms with E-state index < -0.39 is 0 Å². The van der Waals surface area contributed by atoms with E-state index in [9.17, 15) is 0 Å². The quantitative estimate of drug-likeness (QED) is 0.646. The van der Waals surface area contributed by atoms with Crippen molar-refractivity contribution in [1.29, 1.82) is 0 Å². The van der Waals surface area contributed by atoms with E-state index in [1.807, 2.05) is 0 Å². The molecule has 1 heterocycles. The van der Waals surface area contributed by atoms with E-state index in [1.54, 1.807) is 0 Å². The van der Waals surface area contributed by atoms with Crippen molar-refractivity contribution in [3.63, 3.8) is 0 Å². The normalized spacial score (nSPS) is 28.1. The monoisotopic (exact) mass is 268 g/mol. The third kappa shape index (κ3) is 1.80. The minimum absolute atomic E-state index is 0.139. The van der Waals surface area contributed by atoms with Gasteiger partial charge in [0, 0.05) is 5.92 Å². The lowest BCUT2D eigenvalue weighted by Gasteiger charge is -2.41. The molecule has 0 N–H and O–H groups in total. The van der Waals surface area contributed by atoms with Gasteiger partial charge in [-0.15, -0.1) is 0 Å². The molecule has 1 aliphatic heterocycles. The number of hydrogen-bond acceptors (Lipinski definition) is 1. The summed E-state index contributed by atoms with van der Waals surface area (Å²) >= 11 is 3.74. The van der Waals surface area contributed by atoms with Crippen molar-refractivity contribution in [2.75, 3.05) is 0 Å². The summed E-state index contributed by atoms with van der Waals surface area (Å²) in [7, 11) is 0. The van der Waals surface area contributed by atoms with Gasteiger partial charge >= 0.3 is 0 Å². The lowest BCUT2D eigenvalue weighted by atomic mass is 9.85. The lowest BCUT2D eigenvalue weighted by Crippen LogP contribution is -2.44. The highest BCUT2D eigenvalue weighted by Crippen LogP contribution is 2.44. The van der Waals surface area contributed by atoms with Gasteiger partial charge in [-0.05, 0) is 38.0 Å². The first-order valence-corrected chi connectivity index (χ1v) is 6.27. The number of fused-ring (bicyclic) bond motifs is 1. The van der Waals surface area contributed by atoms with Crippen LogP contribution in [0.5, 0.6) is 5.75 Å². The van der Waals surface area contributed by atoms with E-state index in [4.69, 9.17) is 4.74 Å². The Bertz CT molecular complexity index is 384. The van der Waals surface area contributed by atoms with Gasteiger partial charge in [0.25, 0.3) is 0 Å². The van der Waals surface area contributed by atoms with Gasteiger partial charge in [-0.2, -0.15) is 0 Å². The first-order valence-electron chi connectivity index (χ1n) is 5.35. The highest BCUT2D eigenvalue weighted by atomic mass is 79.9. The van der Waals surface area contributed by atoms with Gasteiger partial charge in [0.2, 0.25) is 0 Å². The maximum Gasteiger partial charge on any atom is 0.123 e. The smallest absolute Gasteiger partial charge is 0.123 e. The van der Waals surface area contributed by atoms with Gasteiger partial charge in [0.15, 0.2) is 0 Å². The number of benzene rings is 1. The molecule has 0 radical (unpaired) electrons. The molecule has 1 nitrogen and oxygen atoms in total. The van der Waals surface area contributed by atoms with E-state index in [0.29, 0.717) is 10.7 Å². The van der Waals surface area contributed by atoms with Crippen molar-refractivity contribution in [3.05, 3.63) is 29.3 Å². The molecule has 0 aliphatic carbocycles. The van der Waals surface area contributed by atoms with Crippen LogP contribution in [0.4, 0.5) is 0 Å². The molecule has 0 fully saturated rings. The maximum absolute atomic E-state index is 6.04. The van der Waals surface area contributed by atoms with Crippen LogP contribution in [0, 0.1) is 6.92 Å². The lowest BCUT2D eigenvalue weighted by molar-refractivity contribution is 0.0841. The zero-order valence-electron chi connectivity index (χ0n) is 9.67. The number of aryl methyl sites for hydroxylation is 1. The van der Waals surface area contributed by atoms with Crippen molar-refractivity contribution in [2.24, 2.45) is 0 Å². The maximum atomic E-state index is 6.04. The van der Waals surface area contributed by atoms with Crippen LogP contribution in [0.2, 0.25) is 0 Å². The van der Waals surface area contributed by atoms with E-state index in [0.717, 1.165) is 5.75 Å². The molecule has 1 unspecified atom stereocenters. The van der Waals surface area contributed by atoms with Crippen molar-refractivity contribution in [3.8, 4) is 5.75 Å². The molecule has 2 atom stereocenters. The second-order valence-electron chi connectivity index (χ2n) is 4.94. The molecule has 82 valence electrons. The van der Waals surface area contributed by atoms with E-state index in [-0.39, 0.29) is 5.60 Å². The molecule has 0 aromatic heterocycles. The number of ether oxygens (including phenoxy) is 1. The van der Waals surface area contributed by atoms with Gasteiger partial charge in [-0.25, -0.2) is 0 Å². The Labute approximate surface area is 100.0 Å². The molecular formula is C13H17BrO. The predicted molar refractivity (Wildman–Crippen MR) is 67.0 cm³/mol. The Morgan fingerprint density at radius 3 is 2.67 bits per heavy atom. The first kappa shape index (κ1) is 11.0. The number of halogens is 1. The minimum atomic E-state index is -0.139. The third-order valence-electron chi connectivity index (χ3n) is 3.14. The van der Waals surface area contributed by atoms with Crippen molar-refractivity contribution >= 4 is 15.9 Å². The molecule has 0 bridgehead atoms. The van der Waals surface area contributed by atoms with Crippen LogP contribution in [-0.4, -0.2) is 10.4 Å². The number of rotatable bonds is 0. The summed E-state index contributed by atoms with van der Waals surface area (Å²) in [6.07, 6.45) is 0. The van der Waals surface area contributed by atoms with E-state index in [1.165, 1.54) is 11.1 Å². The average Bonchev–Trinajstić information content (AvgIpc) is 2.13. The van der Waals surface area contributed by atoms with Crippen LogP contribution in [0.3, 0.4) is 0 Å². The Hall–Kier alpha value is -0.500. The molecule has 0 amide bonds. The summed E-state index contributed by atoms with van der Waals surface area (Å²) in [5, 5.41) is 0. The molecule has 1 aromatic rings. The second-order valence-corrected chi connectivity index (χ2v) is 5.92. The molecule has 0 saturated heterocycles. The van der Waals surface area contributed by atoms with Gasteiger partial charge in [-0.3, -0.25) is 0 Å². The van der Waals surface area contributed by atoms with Crippen LogP contribution in [-0.2, 0) is 0 Å². The Morgan fingerprint density at radius 2 is 2.00 bits per heavy atom. The van der Waals surface area contributed by atoms with Gasteiger partial charge < -0.3 is 4.74 Å². The van der Waals surface area contributed by atoms with Crippen molar-refractivity contribution in [1.82, 2.24) is 0 Å². The standard InChI is InChI=1S/C13H17BrO/c1-8-5-6-10-9(2)12(14)13(3,4)15-11(10)7-8/h5-7,9,12H,1-4H3/t9?,12-/m1/s1. The fourth-order valence-corrected chi connectivity index (χ4v) is 2.58. The van der Waals surface area contributed by atoms with E-state index >= 15 is 0 Å². The molecule has 2 heteroatoms. The largest absolute Gasteiger partial charge is 0.486 e. The molecular weight excluding hydrogens is 252 g/mol. The topological polar surface area (TPSA) is 9.23 Å². The van der Waals surface area contributed by atoms with Crippen molar-refractivity contribution in [2.45, 2.75) is 44.0 Å². The van der Waals surface area contributed by atoms with E-state index in [2.05, 4.69) is 61.8 Å². The third-order valence-corrected chi connectivity index (χ3v) is 5.03. The fourth-order valence-electron chi connectivity index (χ4n) is 2.21. The predicted octanol–water partition coefficient (Wildman–Crippen LogP) is 4.03. The molecule has 2 rings (SSSR count). The summed E-state index contributed by atoms with van der Waals surface area (Å²) in [6.45, 7) is 8.61. The zero-order valence-corrected chi connectivity index (χ0v) is 11.3. The molecule has 1 aromatic carbocycles. The summed E-state index contributed by atoms with van der Waals surface area (Å²) in [4.78, 5) is 0.361. The molecule has 0 saturated carbocycles.